The molecule has 0 bridgehead atoms. The summed E-state index contributed by atoms with van der Waals surface area (Å²) in [5.41, 5.74) is 0. The molecule has 78 valence electrons. The Kier molecular flexibility index (Phi) is 8.85. The maximum Gasteiger partial charge on any atom is 0.133 e. The fraction of sp³-hybridized carbons (Fsp3) is 0.875. The summed E-state index contributed by atoms with van der Waals surface area (Å²) >= 11 is 6.49. The molecule has 0 aromatic rings. The van der Waals surface area contributed by atoms with Crippen LogP contribution in [-0.4, -0.2) is 43.5 Å². The highest BCUT2D eigenvalue weighted by molar-refractivity contribution is 8.22. The van der Waals surface area contributed by atoms with Gasteiger partial charge in [-0.25, -0.2) is 0 Å². The van der Waals surface area contributed by atoms with E-state index in [1.807, 2.05) is 13.2 Å². The largest absolute Gasteiger partial charge is 0.382 e. The van der Waals surface area contributed by atoms with Crippen molar-refractivity contribution >= 4 is 28.3 Å². The van der Waals surface area contributed by atoms with Gasteiger partial charge in [0.25, 0.3) is 0 Å². The second kappa shape index (κ2) is 8.74. The summed E-state index contributed by atoms with van der Waals surface area (Å²) < 4.78 is 11.2. The number of thiocarbonyl (C=S) groups is 1. The van der Waals surface area contributed by atoms with Crippen LogP contribution in [0.15, 0.2) is 0 Å². The van der Waals surface area contributed by atoms with E-state index in [-0.39, 0.29) is 6.10 Å². The minimum absolute atomic E-state index is 0.148. The molecule has 0 aliphatic carbocycles. The van der Waals surface area contributed by atoms with Gasteiger partial charge in [-0.15, -0.1) is 11.8 Å². The van der Waals surface area contributed by atoms with Crippen LogP contribution >= 0.6 is 24.0 Å². The molecule has 1 N–H and O–H groups in total. The van der Waals surface area contributed by atoms with Crippen LogP contribution in [-0.2, 0) is 9.47 Å². The number of nitrogens with one attached hydrogen (secondary N) is 1. The predicted octanol–water partition coefficient (Wildman–Crippen LogP) is 1.28. The average molecular weight is 223 g/mol. The van der Waals surface area contributed by atoms with Gasteiger partial charge in [0.1, 0.15) is 4.32 Å². The van der Waals surface area contributed by atoms with E-state index in [1.54, 1.807) is 7.11 Å². The molecule has 0 spiro atoms. The molecule has 5 heteroatoms. The average Bonchev–Trinajstić information content (AvgIpc) is 2.12. The monoisotopic (exact) mass is 223 g/mol. The Morgan fingerprint density at radius 3 is 2.85 bits per heavy atom. The van der Waals surface area contributed by atoms with Gasteiger partial charge in [0.05, 0.1) is 19.3 Å². The fourth-order valence-corrected chi connectivity index (χ4v) is 1.12. The minimum Gasteiger partial charge on any atom is -0.382 e. The lowest BCUT2D eigenvalue weighted by Gasteiger charge is -2.12. The Bertz CT molecular complexity index is 144. The van der Waals surface area contributed by atoms with Gasteiger partial charge in [0.15, 0.2) is 0 Å². The minimum atomic E-state index is 0.148. The third-order valence-corrected chi connectivity index (χ3v) is 2.52. The molecule has 0 radical (unpaired) electrons. The van der Waals surface area contributed by atoms with Crippen LogP contribution in [0.1, 0.15) is 6.92 Å². The third kappa shape index (κ3) is 8.49. The van der Waals surface area contributed by atoms with Gasteiger partial charge in [-0.3, -0.25) is 0 Å². The van der Waals surface area contributed by atoms with Gasteiger partial charge in [-0.05, 0) is 13.2 Å². The van der Waals surface area contributed by atoms with Crippen LogP contribution in [0.5, 0.6) is 0 Å². The highest BCUT2D eigenvalue weighted by Crippen LogP contribution is 1.93. The summed E-state index contributed by atoms with van der Waals surface area (Å²) in [6.07, 6.45) is 2.10. The molecule has 0 saturated carbocycles. The lowest BCUT2D eigenvalue weighted by molar-refractivity contribution is 0.0119. The van der Waals surface area contributed by atoms with E-state index in [1.165, 1.54) is 11.8 Å². The molecule has 0 saturated heterocycles. The SMILES string of the molecule is COCC(C)OCCNC(=S)SC. The molecule has 0 heterocycles. The number of rotatable bonds is 6. The van der Waals surface area contributed by atoms with Crippen molar-refractivity contribution in [3.8, 4) is 0 Å². The third-order valence-electron chi connectivity index (χ3n) is 1.36. The lowest BCUT2D eigenvalue weighted by Crippen LogP contribution is -2.26. The van der Waals surface area contributed by atoms with Gasteiger partial charge in [0.2, 0.25) is 0 Å². The van der Waals surface area contributed by atoms with Crippen molar-refractivity contribution in [3.05, 3.63) is 0 Å². The van der Waals surface area contributed by atoms with Crippen molar-refractivity contribution in [1.29, 1.82) is 0 Å². The molecular weight excluding hydrogens is 206 g/mol. The van der Waals surface area contributed by atoms with Crippen LogP contribution in [0.3, 0.4) is 0 Å². The highest BCUT2D eigenvalue weighted by Gasteiger charge is 2.00. The molecule has 0 aromatic carbocycles. The van der Waals surface area contributed by atoms with Gasteiger partial charge < -0.3 is 14.8 Å². The Hall–Kier alpha value is 0.160. The maximum absolute atomic E-state index is 5.42. The normalized spacial score (nSPS) is 12.5. The van der Waals surface area contributed by atoms with Crippen molar-refractivity contribution in [2.45, 2.75) is 13.0 Å². The molecule has 3 nitrogen and oxygen atoms in total. The number of methoxy groups -OCH3 is 1. The van der Waals surface area contributed by atoms with E-state index < -0.39 is 0 Å². The first kappa shape index (κ1) is 13.2. The zero-order valence-corrected chi connectivity index (χ0v) is 9.96. The van der Waals surface area contributed by atoms with Crippen LogP contribution in [0.2, 0.25) is 0 Å². The summed E-state index contributed by atoms with van der Waals surface area (Å²) in [6.45, 7) is 4.03. The second-order valence-electron chi connectivity index (χ2n) is 2.56. The molecule has 13 heavy (non-hydrogen) atoms. The second-order valence-corrected chi connectivity index (χ2v) is 4.04. The van der Waals surface area contributed by atoms with Crippen LogP contribution in [0, 0.1) is 0 Å². The Balaban J connectivity index is 3.20. The van der Waals surface area contributed by atoms with E-state index in [9.17, 15) is 0 Å². The summed E-state index contributed by atoms with van der Waals surface area (Å²) in [6, 6.07) is 0. The van der Waals surface area contributed by atoms with Crippen molar-refractivity contribution in [2.75, 3.05) is 33.1 Å². The van der Waals surface area contributed by atoms with Gasteiger partial charge in [-0.1, -0.05) is 12.2 Å². The summed E-state index contributed by atoms with van der Waals surface area (Å²) in [5, 5.41) is 3.06. The quantitative estimate of drug-likeness (QED) is 0.541. The Morgan fingerprint density at radius 1 is 1.62 bits per heavy atom. The van der Waals surface area contributed by atoms with Crippen LogP contribution in [0.25, 0.3) is 0 Å². The van der Waals surface area contributed by atoms with Crippen molar-refractivity contribution < 1.29 is 9.47 Å². The first-order valence-corrected chi connectivity index (χ1v) is 5.76. The zero-order valence-electron chi connectivity index (χ0n) is 8.33. The van der Waals surface area contributed by atoms with Gasteiger partial charge in [0, 0.05) is 13.7 Å². The first-order chi connectivity index (χ1) is 6.20. The van der Waals surface area contributed by atoms with E-state index in [4.69, 9.17) is 21.7 Å². The molecule has 0 aromatic heterocycles. The van der Waals surface area contributed by atoms with E-state index >= 15 is 0 Å². The summed E-state index contributed by atoms with van der Waals surface area (Å²) in [4.78, 5) is 0. The van der Waals surface area contributed by atoms with Crippen molar-refractivity contribution in [3.63, 3.8) is 0 Å². The molecule has 1 unspecified atom stereocenters. The molecular formula is C8H17NO2S2. The number of hydrogen-bond acceptors (Lipinski definition) is 4. The number of hydrogen-bond donors (Lipinski definition) is 1. The highest BCUT2D eigenvalue weighted by atomic mass is 32.2. The van der Waals surface area contributed by atoms with Crippen LogP contribution in [0.4, 0.5) is 0 Å². The Morgan fingerprint density at radius 2 is 2.31 bits per heavy atom. The predicted molar refractivity (Wildman–Crippen MR) is 61.4 cm³/mol. The van der Waals surface area contributed by atoms with Gasteiger partial charge >= 0.3 is 0 Å². The molecule has 0 aliphatic heterocycles. The molecule has 0 fully saturated rings. The van der Waals surface area contributed by atoms with E-state index in [2.05, 4.69) is 5.32 Å². The molecule has 1 atom stereocenters. The van der Waals surface area contributed by atoms with Gasteiger partial charge in [-0.2, -0.15) is 0 Å². The van der Waals surface area contributed by atoms with Crippen molar-refractivity contribution in [1.82, 2.24) is 5.32 Å². The van der Waals surface area contributed by atoms with E-state index in [0.29, 0.717) is 13.2 Å². The number of ether oxygens (including phenoxy) is 2. The van der Waals surface area contributed by atoms with E-state index in [0.717, 1.165) is 10.9 Å². The fourth-order valence-electron chi connectivity index (χ4n) is 0.768. The molecule has 0 rings (SSSR count). The summed E-state index contributed by atoms with van der Waals surface area (Å²) in [7, 11) is 1.67. The Labute approximate surface area is 89.6 Å². The molecule has 0 amide bonds. The summed E-state index contributed by atoms with van der Waals surface area (Å²) in [5.74, 6) is 0. The zero-order chi connectivity index (χ0) is 10.1. The number of thioether (sulfide) groups is 1. The van der Waals surface area contributed by atoms with Crippen molar-refractivity contribution in [2.24, 2.45) is 0 Å². The smallest absolute Gasteiger partial charge is 0.133 e. The standard InChI is InChI=1S/C8H17NO2S2/c1-7(6-10-2)11-5-4-9-8(12)13-3/h7H,4-6H2,1-3H3,(H,9,12). The molecule has 0 aliphatic rings. The topological polar surface area (TPSA) is 30.5 Å². The maximum atomic E-state index is 5.42. The lowest BCUT2D eigenvalue weighted by atomic mass is 10.4. The van der Waals surface area contributed by atoms with Crippen LogP contribution < -0.4 is 5.32 Å². The first-order valence-electron chi connectivity index (χ1n) is 4.13.